The molecule has 2 aliphatic rings. The van der Waals surface area contributed by atoms with Gasteiger partial charge >= 0.3 is 0 Å². The van der Waals surface area contributed by atoms with Gasteiger partial charge in [0.15, 0.2) is 0 Å². The Morgan fingerprint density at radius 1 is 0.760 bits per heavy atom. The van der Waals surface area contributed by atoms with Crippen LogP contribution in [0.5, 0.6) is 0 Å². The van der Waals surface area contributed by atoms with Gasteiger partial charge in [-0.2, -0.15) is 10.2 Å². The molecule has 0 heterocycles. The van der Waals surface area contributed by atoms with Crippen molar-refractivity contribution in [3.63, 3.8) is 0 Å². The quantitative estimate of drug-likeness (QED) is 0.292. The zero-order valence-corrected chi connectivity index (χ0v) is 18.2. The monoisotopic (exact) mass is 458 g/mol. The number of nitrogens with zero attached hydrogens (tertiary/aromatic N) is 2. The predicted molar refractivity (Wildman–Crippen MR) is 113 cm³/mol. The number of allylic oxidation sites excluding steroid dienone is 8. The minimum atomic E-state index is -1.45. The molecule has 0 amide bonds. The van der Waals surface area contributed by atoms with E-state index in [0.29, 0.717) is 11.4 Å². The molecule has 2 rings (SSSR count). The summed E-state index contributed by atoms with van der Waals surface area (Å²) in [5.74, 6) is 0. The van der Waals surface area contributed by atoms with Crippen molar-refractivity contribution in [3.8, 4) is 0 Å². The van der Waals surface area contributed by atoms with Gasteiger partial charge in [-0.05, 0) is 45.1 Å². The van der Waals surface area contributed by atoms with Crippen molar-refractivity contribution in [3.05, 3.63) is 48.1 Å². The molecule has 0 aliphatic heterocycles. The second-order valence-electron chi connectivity index (χ2n) is 6.36. The van der Waals surface area contributed by atoms with E-state index < -0.39 is 18.4 Å². The van der Waals surface area contributed by atoms with E-state index in [9.17, 15) is 0 Å². The van der Waals surface area contributed by atoms with Crippen molar-refractivity contribution >= 4 is 81.0 Å². The molecule has 0 saturated heterocycles. The number of rotatable bonds is 1. The summed E-state index contributed by atoms with van der Waals surface area (Å²) in [5, 5.41) is 8.43. The number of hydrogen-bond acceptors (Lipinski definition) is 2. The highest BCUT2D eigenvalue weighted by atomic mass is 35.6. The van der Waals surface area contributed by atoms with Gasteiger partial charge < -0.3 is 0 Å². The normalized spacial score (nSPS) is 31.5. The first kappa shape index (κ1) is 21.3. The summed E-state index contributed by atoms with van der Waals surface area (Å²) < 4.78 is -2.89. The lowest BCUT2D eigenvalue weighted by molar-refractivity contribution is 0.525. The Labute approximate surface area is 177 Å². The number of alkyl halides is 6. The van der Waals surface area contributed by atoms with Crippen molar-refractivity contribution < 1.29 is 0 Å². The van der Waals surface area contributed by atoms with E-state index in [1.54, 1.807) is 30.4 Å². The summed E-state index contributed by atoms with van der Waals surface area (Å²) in [7, 11) is 0. The van der Waals surface area contributed by atoms with Gasteiger partial charge in [0.25, 0.3) is 0 Å². The Hall–Kier alpha value is 0.0400. The molecule has 1 atom stereocenters. The molecule has 0 radical (unpaired) electrons. The minimum absolute atomic E-state index is 0.647. The number of hydrogen-bond donors (Lipinski definition) is 0. The average Bonchev–Trinajstić information content (AvgIpc) is 2.48. The van der Waals surface area contributed by atoms with E-state index >= 15 is 0 Å². The van der Waals surface area contributed by atoms with E-state index in [2.05, 4.69) is 10.2 Å². The Morgan fingerprint density at radius 3 is 1.68 bits per heavy atom. The maximum atomic E-state index is 6.08. The summed E-state index contributed by atoms with van der Waals surface area (Å²) in [6.07, 6.45) is 12.5. The third-order valence-corrected chi connectivity index (χ3v) is 6.85. The molecule has 0 saturated carbocycles. The maximum absolute atomic E-state index is 6.08. The zero-order valence-electron chi connectivity index (χ0n) is 13.7. The van der Waals surface area contributed by atoms with Gasteiger partial charge in [-0.3, -0.25) is 0 Å². The zero-order chi connectivity index (χ0) is 19.1. The average molecular weight is 461 g/mol. The van der Waals surface area contributed by atoms with Crippen molar-refractivity contribution in [2.75, 3.05) is 0 Å². The molecule has 0 unspecified atom stereocenters. The summed E-state index contributed by atoms with van der Waals surface area (Å²) in [6.45, 7) is 5.57. The van der Waals surface area contributed by atoms with Crippen LogP contribution in [0, 0.1) is 10.8 Å². The largest absolute Gasteiger partial charge is 0.202 e. The summed E-state index contributed by atoms with van der Waals surface area (Å²) >= 11 is 36.2. The lowest BCUT2D eigenvalue weighted by Gasteiger charge is -2.36. The molecule has 0 fully saturated rings. The standard InChI is InChI=1S/C17H16Cl6N2/c1-11-10-13(6-9-15(11,3)17(21,22)23)25-24-12-4-7-14(2,8-5-12)16(18,19)20/h4-10H,1-3H3/b24-12?,25-13+/t14?,15-/m1/s1. The van der Waals surface area contributed by atoms with Crippen LogP contribution >= 0.6 is 69.6 Å². The first-order valence-electron chi connectivity index (χ1n) is 7.34. The molecule has 0 aromatic heterocycles. The Bertz CT molecular complexity index is 715. The fourth-order valence-corrected chi connectivity index (χ4v) is 3.20. The smallest absolute Gasteiger partial charge is 0.151 e. The molecule has 0 spiro atoms. The predicted octanol–water partition coefficient (Wildman–Crippen LogP) is 7.18. The van der Waals surface area contributed by atoms with Crippen molar-refractivity contribution in [2.45, 2.75) is 28.4 Å². The molecule has 2 nitrogen and oxygen atoms in total. The van der Waals surface area contributed by atoms with Gasteiger partial charge in [0.1, 0.15) is 0 Å². The molecule has 0 aromatic carbocycles. The lowest BCUT2D eigenvalue weighted by atomic mass is 9.80. The second kappa shape index (κ2) is 7.22. The van der Waals surface area contributed by atoms with Gasteiger partial charge in [0.05, 0.1) is 22.3 Å². The van der Waals surface area contributed by atoms with Crippen LogP contribution in [0.2, 0.25) is 0 Å². The van der Waals surface area contributed by atoms with Gasteiger partial charge in [-0.25, -0.2) is 0 Å². The Kier molecular flexibility index (Phi) is 6.16. The Balaban J connectivity index is 2.21. The first-order valence-corrected chi connectivity index (χ1v) is 9.61. The highest BCUT2D eigenvalue weighted by Gasteiger charge is 2.45. The van der Waals surface area contributed by atoms with Gasteiger partial charge in [-0.1, -0.05) is 93.4 Å². The molecule has 0 aromatic rings. The van der Waals surface area contributed by atoms with Crippen LogP contribution in [-0.4, -0.2) is 19.0 Å². The van der Waals surface area contributed by atoms with Crippen molar-refractivity contribution in [2.24, 2.45) is 21.0 Å². The second-order valence-corrected chi connectivity index (χ2v) is 10.9. The van der Waals surface area contributed by atoms with Crippen LogP contribution in [0.3, 0.4) is 0 Å². The molecule has 25 heavy (non-hydrogen) atoms. The van der Waals surface area contributed by atoms with Crippen LogP contribution in [0.1, 0.15) is 20.8 Å². The van der Waals surface area contributed by atoms with Crippen LogP contribution in [0.15, 0.2) is 58.3 Å². The molecule has 2 aliphatic carbocycles. The van der Waals surface area contributed by atoms with Gasteiger partial charge in [0.2, 0.25) is 7.59 Å². The van der Waals surface area contributed by atoms with Crippen molar-refractivity contribution in [1.29, 1.82) is 0 Å². The molecule has 0 N–H and O–H groups in total. The fraction of sp³-hybridized carbons (Fsp3) is 0.412. The van der Waals surface area contributed by atoms with Crippen LogP contribution < -0.4 is 0 Å². The van der Waals surface area contributed by atoms with Crippen molar-refractivity contribution in [1.82, 2.24) is 0 Å². The van der Waals surface area contributed by atoms with Gasteiger partial charge in [-0.15, -0.1) is 0 Å². The summed E-state index contributed by atoms with van der Waals surface area (Å²) in [4.78, 5) is 0. The minimum Gasteiger partial charge on any atom is -0.151 e. The topological polar surface area (TPSA) is 24.7 Å². The molecule has 8 heteroatoms. The Morgan fingerprint density at radius 2 is 1.24 bits per heavy atom. The molecular formula is C17H16Cl6N2. The number of halogens is 6. The van der Waals surface area contributed by atoms with Crippen LogP contribution in [-0.2, 0) is 0 Å². The highest BCUT2D eigenvalue weighted by molar-refractivity contribution is 6.68. The molecule has 0 bridgehead atoms. The SMILES string of the molecule is CC1=C/C(=N/N=C2C=CC(C)(C(Cl)(Cl)Cl)C=C2)C=C[C@@]1(C)C(Cl)(Cl)Cl. The highest BCUT2D eigenvalue weighted by Crippen LogP contribution is 2.51. The third-order valence-electron chi connectivity index (χ3n) is 4.45. The fourth-order valence-electron chi connectivity index (χ4n) is 2.18. The summed E-state index contributed by atoms with van der Waals surface area (Å²) in [6, 6.07) is 0. The molecule has 136 valence electrons. The van der Waals surface area contributed by atoms with E-state index in [1.807, 2.05) is 32.9 Å². The van der Waals surface area contributed by atoms with E-state index in [1.165, 1.54) is 0 Å². The van der Waals surface area contributed by atoms with E-state index in [4.69, 9.17) is 69.6 Å². The van der Waals surface area contributed by atoms with E-state index in [0.717, 1.165) is 5.57 Å². The van der Waals surface area contributed by atoms with Crippen LogP contribution in [0.25, 0.3) is 0 Å². The van der Waals surface area contributed by atoms with E-state index in [-0.39, 0.29) is 0 Å². The molecular weight excluding hydrogens is 445 g/mol. The third kappa shape index (κ3) is 4.48. The summed E-state index contributed by atoms with van der Waals surface area (Å²) in [5.41, 5.74) is 0.798. The maximum Gasteiger partial charge on any atom is 0.202 e. The van der Waals surface area contributed by atoms with Gasteiger partial charge in [0, 0.05) is 0 Å². The van der Waals surface area contributed by atoms with Crippen LogP contribution in [0.4, 0.5) is 0 Å². The first-order chi connectivity index (χ1) is 11.3. The lowest BCUT2D eigenvalue weighted by Crippen LogP contribution is -2.33.